The van der Waals surface area contributed by atoms with E-state index in [1.807, 2.05) is 0 Å². The molecule has 2 fully saturated rings. The quantitative estimate of drug-likeness (QED) is 0.463. The number of carbonyl (C=O) groups excluding carboxylic acids is 1. The molecule has 6 heteroatoms. The molecule has 0 bridgehead atoms. The predicted molar refractivity (Wildman–Crippen MR) is 87.9 cm³/mol. The second-order valence-corrected chi connectivity index (χ2v) is 6.56. The third kappa shape index (κ3) is 4.60. The van der Waals surface area contributed by atoms with Gasteiger partial charge in [-0.1, -0.05) is 12.8 Å². The summed E-state index contributed by atoms with van der Waals surface area (Å²) in [5, 5.41) is 3.35. The Labute approximate surface area is 133 Å². The zero-order valence-electron chi connectivity index (χ0n) is 14.2. The van der Waals surface area contributed by atoms with Crippen LogP contribution < -0.4 is 5.32 Å². The SMILES string of the molecule is COCCNC(=NCC(=O)N(C)C)N1C[C@@H]2CCCC[C@H]2C1. The van der Waals surface area contributed by atoms with Crippen LogP contribution in [0.15, 0.2) is 4.99 Å². The van der Waals surface area contributed by atoms with E-state index in [2.05, 4.69) is 15.2 Å². The van der Waals surface area contributed by atoms with Gasteiger partial charge in [0.15, 0.2) is 5.96 Å². The average Bonchev–Trinajstić information content (AvgIpc) is 2.94. The number of hydrogen-bond donors (Lipinski definition) is 1. The highest BCUT2D eigenvalue weighted by Gasteiger charge is 2.35. The Morgan fingerprint density at radius 2 is 1.91 bits per heavy atom. The minimum absolute atomic E-state index is 0.0302. The molecule has 1 heterocycles. The van der Waals surface area contributed by atoms with E-state index in [0.717, 1.165) is 37.4 Å². The highest BCUT2D eigenvalue weighted by Crippen LogP contribution is 2.35. The van der Waals surface area contributed by atoms with Crippen molar-refractivity contribution in [2.24, 2.45) is 16.8 Å². The van der Waals surface area contributed by atoms with Crippen LogP contribution in [0.2, 0.25) is 0 Å². The van der Waals surface area contributed by atoms with Gasteiger partial charge in [-0.2, -0.15) is 0 Å². The standard InChI is InChI=1S/C16H30N4O2/c1-19(2)15(21)10-18-16(17-8-9-22-3)20-11-13-6-4-5-7-14(13)12-20/h13-14H,4-12H2,1-3H3,(H,17,18)/t13-,14-/m0/s1. The molecule has 1 aliphatic carbocycles. The van der Waals surface area contributed by atoms with Crippen molar-refractivity contribution in [3.05, 3.63) is 0 Å². The molecule has 2 rings (SSSR count). The fourth-order valence-corrected chi connectivity index (χ4v) is 3.40. The molecule has 1 saturated heterocycles. The van der Waals surface area contributed by atoms with Crippen LogP contribution >= 0.6 is 0 Å². The average molecular weight is 310 g/mol. The topological polar surface area (TPSA) is 57.2 Å². The lowest BCUT2D eigenvalue weighted by atomic mass is 9.82. The summed E-state index contributed by atoms with van der Waals surface area (Å²) in [6, 6.07) is 0. The lowest BCUT2D eigenvalue weighted by molar-refractivity contribution is -0.127. The zero-order valence-corrected chi connectivity index (χ0v) is 14.2. The lowest BCUT2D eigenvalue weighted by Crippen LogP contribution is -2.42. The molecule has 0 aromatic rings. The summed E-state index contributed by atoms with van der Waals surface area (Å²) in [5.41, 5.74) is 0. The number of amides is 1. The molecule has 6 nitrogen and oxygen atoms in total. The van der Waals surface area contributed by atoms with E-state index in [1.54, 1.807) is 26.1 Å². The third-order valence-electron chi connectivity index (χ3n) is 4.73. The number of aliphatic imine (C=N–C) groups is 1. The zero-order chi connectivity index (χ0) is 15.9. The Kier molecular flexibility index (Phi) is 6.49. The normalized spacial score (nSPS) is 25.0. The molecule has 22 heavy (non-hydrogen) atoms. The van der Waals surface area contributed by atoms with Crippen molar-refractivity contribution in [2.45, 2.75) is 25.7 Å². The van der Waals surface area contributed by atoms with Crippen molar-refractivity contribution in [3.63, 3.8) is 0 Å². The molecule has 2 atom stereocenters. The Morgan fingerprint density at radius 1 is 1.27 bits per heavy atom. The summed E-state index contributed by atoms with van der Waals surface area (Å²) in [6.07, 6.45) is 5.39. The predicted octanol–water partition coefficient (Wildman–Crippen LogP) is 0.789. The van der Waals surface area contributed by atoms with E-state index in [0.29, 0.717) is 6.61 Å². The molecule has 0 aromatic heterocycles. The van der Waals surface area contributed by atoms with Gasteiger partial charge in [0, 0.05) is 40.8 Å². The van der Waals surface area contributed by atoms with Crippen LogP contribution in [0.1, 0.15) is 25.7 Å². The third-order valence-corrected chi connectivity index (χ3v) is 4.73. The summed E-state index contributed by atoms with van der Waals surface area (Å²) < 4.78 is 5.10. The van der Waals surface area contributed by atoms with Gasteiger partial charge in [0.05, 0.1) is 6.61 Å². The molecule has 0 aromatic carbocycles. The first-order valence-corrected chi connectivity index (χ1v) is 8.34. The number of ether oxygens (including phenoxy) is 1. The molecule has 1 saturated carbocycles. The number of nitrogens with one attached hydrogen (secondary N) is 1. The molecule has 1 amide bonds. The van der Waals surface area contributed by atoms with E-state index in [4.69, 9.17) is 4.74 Å². The largest absolute Gasteiger partial charge is 0.383 e. The van der Waals surface area contributed by atoms with Crippen molar-refractivity contribution < 1.29 is 9.53 Å². The maximum absolute atomic E-state index is 11.8. The fourth-order valence-electron chi connectivity index (χ4n) is 3.40. The summed E-state index contributed by atoms with van der Waals surface area (Å²) >= 11 is 0. The number of fused-ring (bicyclic) bond motifs is 1. The summed E-state index contributed by atoms with van der Waals surface area (Å²) in [5.74, 6) is 2.49. The number of guanidine groups is 1. The number of likely N-dealkylation sites (N-methyl/N-ethyl adjacent to an activating group) is 1. The van der Waals surface area contributed by atoms with Gasteiger partial charge in [-0.15, -0.1) is 0 Å². The van der Waals surface area contributed by atoms with Gasteiger partial charge in [-0.25, -0.2) is 4.99 Å². The summed E-state index contributed by atoms with van der Waals surface area (Å²) in [7, 11) is 5.22. The van der Waals surface area contributed by atoms with Crippen LogP contribution in [0.3, 0.4) is 0 Å². The van der Waals surface area contributed by atoms with E-state index in [-0.39, 0.29) is 12.5 Å². The van der Waals surface area contributed by atoms with Crippen LogP contribution in [0.4, 0.5) is 0 Å². The second kappa shape index (κ2) is 8.36. The molecule has 0 unspecified atom stereocenters. The fraction of sp³-hybridized carbons (Fsp3) is 0.875. The highest BCUT2D eigenvalue weighted by molar-refractivity contribution is 5.85. The van der Waals surface area contributed by atoms with E-state index in [9.17, 15) is 4.79 Å². The number of nitrogens with zero attached hydrogens (tertiary/aromatic N) is 3. The molecule has 0 spiro atoms. The first-order chi connectivity index (χ1) is 10.6. The minimum atomic E-state index is 0.0302. The molecule has 1 N–H and O–H groups in total. The van der Waals surface area contributed by atoms with Crippen molar-refractivity contribution >= 4 is 11.9 Å². The smallest absolute Gasteiger partial charge is 0.243 e. The Balaban J connectivity index is 1.97. The van der Waals surface area contributed by atoms with Crippen molar-refractivity contribution in [1.82, 2.24) is 15.1 Å². The minimum Gasteiger partial charge on any atom is -0.383 e. The maximum Gasteiger partial charge on any atom is 0.243 e. The van der Waals surface area contributed by atoms with E-state index < -0.39 is 0 Å². The number of rotatable bonds is 5. The Morgan fingerprint density at radius 3 is 2.45 bits per heavy atom. The van der Waals surface area contributed by atoms with E-state index >= 15 is 0 Å². The second-order valence-electron chi connectivity index (χ2n) is 6.56. The first-order valence-electron chi connectivity index (χ1n) is 8.34. The van der Waals surface area contributed by atoms with Gasteiger partial charge >= 0.3 is 0 Å². The summed E-state index contributed by atoms with van der Waals surface area (Å²) in [4.78, 5) is 20.2. The van der Waals surface area contributed by atoms with Crippen LogP contribution in [-0.4, -0.2) is 75.7 Å². The van der Waals surface area contributed by atoms with Crippen molar-refractivity contribution in [2.75, 3.05) is 54.0 Å². The summed E-state index contributed by atoms with van der Waals surface area (Å²) in [6.45, 7) is 3.70. The van der Waals surface area contributed by atoms with Gasteiger partial charge in [0.2, 0.25) is 5.91 Å². The van der Waals surface area contributed by atoms with Crippen LogP contribution in [0.5, 0.6) is 0 Å². The number of carbonyl (C=O) groups is 1. The Hall–Kier alpha value is -1.30. The Bertz CT molecular complexity index is 384. The van der Waals surface area contributed by atoms with Crippen LogP contribution in [-0.2, 0) is 9.53 Å². The van der Waals surface area contributed by atoms with E-state index in [1.165, 1.54) is 25.7 Å². The van der Waals surface area contributed by atoms with Gasteiger partial charge < -0.3 is 19.9 Å². The van der Waals surface area contributed by atoms with Crippen LogP contribution in [0, 0.1) is 11.8 Å². The number of likely N-dealkylation sites (tertiary alicyclic amines) is 1. The van der Waals surface area contributed by atoms with Gasteiger partial charge in [-0.05, 0) is 24.7 Å². The van der Waals surface area contributed by atoms with Crippen LogP contribution in [0.25, 0.3) is 0 Å². The molecule has 2 aliphatic rings. The molecule has 126 valence electrons. The highest BCUT2D eigenvalue weighted by atomic mass is 16.5. The van der Waals surface area contributed by atoms with Gasteiger partial charge in [0.25, 0.3) is 0 Å². The monoisotopic (exact) mass is 310 g/mol. The van der Waals surface area contributed by atoms with Gasteiger partial charge in [-0.3, -0.25) is 4.79 Å². The van der Waals surface area contributed by atoms with Gasteiger partial charge in [0.1, 0.15) is 6.54 Å². The molecule has 1 aliphatic heterocycles. The molecular weight excluding hydrogens is 280 g/mol. The molecular formula is C16H30N4O2. The van der Waals surface area contributed by atoms with Crippen molar-refractivity contribution in [1.29, 1.82) is 0 Å². The van der Waals surface area contributed by atoms with Crippen molar-refractivity contribution in [3.8, 4) is 0 Å². The number of methoxy groups -OCH3 is 1. The lowest BCUT2D eigenvalue weighted by Gasteiger charge is -2.22. The maximum atomic E-state index is 11.8. The first kappa shape index (κ1) is 17.1. The number of hydrogen-bond acceptors (Lipinski definition) is 3. The molecule has 0 radical (unpaired) electrons.